The average molecular weight is 1170 g/mol. The van der Waals surface area contributed by atoms with Crippen molar-refractivity contribution in [2.75, 3.05) is 83.2 Å². The number of nitrogens with zero attached hydrogens (tertiary/aromatic N) is 6. The predicted molar refractivity (Wildman–Crippen MR) is 213 cm³/mol. The second-order valence-electron chi connectivity index (χ2n) is 16.8. The Hall–Kier alpha value is -3.45. The van der Waals surface area contributed by atoms with Gasteiger partial charge >= 0.3 is 35.9 Å². The summed E-state index contributed by atoms with van der Waals surface area (Å²) in [4.78, 5) is 51.1. The quantitative estimate of drug-likeness (QED) is 0.0435. The Morgan fingerprint density at radius 1 is 0.417 bits per heavy atom. The number of rotatable bonds is 18. The smallest absolute Gasteiger partial charge is 0.338 e. The first kappa shape index (κ1) is 54.6. The van der Waals surface area contributed by atoms with E-state index in [0.717, 1.165) is 0 Å². The highest BCUT2D eigenvalue weighted by atomic mass is 127. The number of benzene rings is 3. The maximum Gasteiger partial charge on any atom is 0.338 e. The molecule has 0 N–H and O–H groups in total. The van der Waals surface area contributed by atoms with Crippen LogP contribution >= 0.6 is 0 Å². The summed E-state index contributed by atoms with van der Waals surface area (Å²) in [5.41, 5.74) is 1.06. The van der Waals surface area contributed by atoms with Crippen LogP contribution in [0.2, 0.25) is 0 Å². The molecule has 0 aliphatic heterocycles. The van der Waals surface area contributed by atoms with Crippen LogP contribution in [0.25, 0.3) is 0 Å². The number of halogens is 3. The van der Waals surface area contributed by atoms with Crippen molar-refractivity contribution in [3.05, 3.63) is 89.5 Å². The third kappa shape index (κ3) is 17.1. The fourth-order valence-corrected chi connectivity index (χ4v) is 4.26. The van der Waals surface area contributed by atoms with Crippen molar-refractivity contribution >= 4 is 17.9 Å². The molecule has 3 aromatic carbocycles. The highest BCUT2D eigenvalue weighted by Crippen LogP contribution is 2.28. The largest absolute Gasteiger partial charge is 1.00 e. The molecule has 3 atom stereocenters. The van der Waals surface area contributed by atoms with Crippen molar-refractivity contribution in [2.45, 2.75) is 38.9 Å². The fraction of sp³-hybridized carbons (Fsp3) is 0.429. The van der Waals surface area contributed by atoms with Gasteiger partial charge in [-0.3, -0.25) is 0 Å². The van der Waals surface area contributed by atoms with E-state index >= 15 is 0 Å². The first-order valence-corrected chi connectivity index (χ1v) is 18.6. The molecule has 0 saturated heterocycles. The van der Waals surface area contributed by atoms with Gasteiger partial charge in [-0.1, -0.05) is 0 Å². The van der Waals surface area contributed by atoms with E-state index in [1.807, 2.05) is 84.2 Å². The lowest BCUT2D eigenvalue weighted by molar-refractivity contribution is -0.894. The number of ether oxygens (including phenoxy) is 6. The number of hydrogen-bond donors (Lipinski definition) is 0. The number of carbonyl (C=O) groups is 3. The van der Waals surface area contributed by atoms with Gasteiger partial charge in [-0.05, 0) is 93.6 Å². The van der Waals surface area contributed by atoms with Gasteiger partial charge in [-0.2, -0.15) is 0 Å². The Kier molecular flexibility index (Phi) is 21.5. The molecule has 0 amide bonds. The van der Waals surface area contributed by atoms with E-state index in [1.54, 1.807) is 72.8 Å². The first-order chi connectivity index (χ1) is 26.6. The molecule has 60 heavy (non-hydrogen) atoms. The minimum absolute atomic E-state index is 0. The lowest BCUT2D eigenvalue weighted by atomic mass is 10.2. The van der Waals surface area contributed by atoms with E-state index in [1.165, 1.54) is 0 Å². The van der Waals surface area contributed by atoms with Gasteiger partial charge in [-0.25, -0.2) is 14.4 Å². The molecule has 0 spiro atoms. The summed E-state index contributed by atoms with van der Waals surface area (Å²) in [7, 11) is 18.3. The van der Waals surface area contributed by atoms with Crippen molar-refractivity contribution in [3.8, 4) is 35.3 Å². The molecule has 1 aromatic heterocycles. The topological polar surface area (TPSA) is 145 Å². The Morgan fingerprint density at radius 2 is 0.617 bits per heavy atom. The van der Waals surface area contributed by atoms with Gasteiger partial charge in [0.05, 0.1) is 80.1 Å². The summed E-state index contributed by atoms with van der Waals surface area (Å²) in [6.07, 6.45) is 0. The molecule has 3 unspecified atom stereocenters. The van der Waals surface area contributed by atoms with Gasteiger partial charge in [0, 0.05) is 0 Å². The third-order valence-corrected chi connectivity index (χ3v) is 9.81. The van der Waals surface area contributed by atoms with Crippen molar-refractivity contribution in [1.29, 1.82) is 0 Å². The highest BCUT2D eigenvalue weighted by molar-refractivity contribution is 5.90. The number of likely N-dealkylation sites (N-methyl/N-ethyl adjacent to an activating group) is 3. The van der Waals surface area contributed by atoms with Crippen LogP contribution in [0.5, 0.6) is 35.3 Å². The van der Waals surface area contributed by atoms with E-state index in [-0.39, 0.29) is 128 Å². The lowest BCUT2D eigenvalue weighted by Gasteiger charge is -2.31. The van der Waals surface area contributed by atoms with Crippen molar-refractivity contribution in [3.63, 3.8) is 0 Å². The Morgan fingerprint density at radius 3 is 0.800 bits per heavy atom. The average Bonchev–Trinajstić information content (AvgIpc) is 3.14. The molecule has 0 saturated carbocycles. The Balaban J connectivity index is 0.00000600. The predicted octanol–water partition coefficient (Wildman–Crippen LogP) is -2.99. The van der Waals surface area contributed by atoms with Crippen molar-refractivity contribution in [2.24, 2.45) is 0 Å². The first-order valence-electron chi connectivity index (χ1n) is 18.6. The normalized spacial score (nSPS) is 12.8. The van der Waals surface area contributed by atoms with E-state index < -0.39 is 17.9 Å². The van der Waals surface area contributed by atoms with Crippen molar-refractivity contribution in [1.82, 2.24) is 15.0 Å². The number of esters is 3. The number of hydrogen-bond acceptors (Lipinski definition) is 12. The number of aromatic nitrogens is 3. The molecule has 0 radical (unpaired) electrons. The van der Waals surface area contributed by atoms with Crippen LogP contribution in [0.4, 0.5) is 0 Å². The van der Waals surface area contributed by atoms with Gasteiger partial charge in [0.25, 0.3) is 0 Å². The number of carbonyl (C=O) groups excluding carboxylic acids is 3. The summed E-state index contributed by atoms with van der Waals surface area (Å²) in [5, 5.41) is 0. The van der Waals surface area contributed by atoms with Crippen LogP contribution in [0.3, 0.4) is 0 Å². The molecule has 4 rings (SSSR count). The molecule has 0 aliphatic carbocycles. The summed E-state index contributed by atoms with van der Waals surface area (Å²) >= 11 is 0. The van der Waals surface area contributed by atoms with Crippen LogP contribution in [0.15, 0.2) is 72.8 Å². The SMILES string of the molecule is CC(COC(=O)c1ccc(Oc2nc(Oc3ccc(C(=O)OCC(C)[N+](C)(C)C)cc3)nc(Oc3ccc(C(=O)OCC(C)[N+](C)(C)C)cc3)n2)cc1)[N+](C)(C)C.[I-].[I-].[I-]. The van der Waals surface area contributed by atoms with Crippen LogP contribution in [-0.4, -0.2) is 148 Å². The van der Waals surface area contributed by atoms with Gasteiger partial charge in [0.1, 0.15) is 55.2 Å². The molecule has 0 bridgehead atoms. The number of quaternary nitrogens is 3. The van der Waals surface area contributed by atoms with Gasteiger partial charge in [0.15, 0.2) is 0 Å². The standard InChI is InChI=1S/C42H57N6O9.3HI/c1-28(46(4,5)6)25-52-37(49)31-13-19-34(20-14-31)55-40-43-41(56-35-21-15-32(16-22-35)38(50)53-26-29(2)47(7,8)9)45-42(44-40)57-36-23-17-33(18-24-36)39(51)54-27-30(3)48(10,11)12;;;/h13-24,28-30H,25-27H2,1-12H3;3*1H/q+3;;;/p-3. The molecule has 330 valence electrons. The van der Waals surface area contributed by atoms with Crippen LogP contribution in [0, 0.1) is 0 Å². The lowest BCUT2D eigenvalue weighted by Crippen LogP contribution is -3.00. The van der Waals surface area contributed by atoms with Crippen LogP contribution in [0.1, 0.15) is 51.8 Å². The summed E-state index contributed by atoms with van der Waals surface area (Å²) < 4.78 is 36.3. The van der Waals surface area contributed by atoms with E-state index in [2.05, 4.69) is 15.0 Å². The Labute approximate surface area is 404 Å². The highest BCUT2D eigenvalue weighted by Gasteiger charge is 2.23. The molecule has 4 aromatic rings. The summed E-state index contributed by atoms with van der Waals surface area (Å²) in [6.45, 7) is 6.83. The molecule has 15 nitrogen and oxygen atoms in total. The zero-order valence-corrected chi connectivity index (χ0v) is 42.7. The second kappa shape index (κ2) is 23.7. The minimum Gasteiger partial charge on any atom is -1.00 e. The van der Waals surface area contributed by atoms with E-state index in [0.29, 0.717) is 47.4 Å². The van der Waals surface area contributed by atoms with Gasteiger partial charge in [0.2, 0.25) is 0 Å². The Bertz CT molecular complexity index is 1750. The monoisotopic (exact) mass is 1170 g/mol. The second-order valence-corrected chi connectivity index (χ2v) is 16.8. The molecule has 0 fully saturated rings. The minimum atomic E-state index is -0.454. The van der Waals surface area contributed by atoms with Crippen LogP contribution in [-0.2, 0) is 14.2 Å². The molecular weight excluding hydrogens is 1110 g/mol. The fourth-order valence-electron chi connectivity index (χ4n) is 4.26. The maximum absolute atomic E-state index is 12.7. The molecule has 18 heteroatoms. The third-order valence-electron chi connectivity index (χ3n) is 9.81. The van der Waals surface area contributed by atoms with Crippen molar-refractivity contribution < 1.29 is 128 Å². The van der Waals surface area contributed by atoms with Gasteiger partial charge < -0.3 is 114 Å². The summed E-state index contributed by atoms with van der Waals surface area (Å²) in [6, 6.07) is 18.8. The summed E-state index contributed by atoms with van der Waals surface area (Å²) in [5.74, 6) is -0.407. The zero-order chi connectivity index (χ0) is 42.1. The van der Waals surface area contributed by atoms with E-state index in [9.17, 15) is 14.4 Å². The zero-order valence-electron chi connectivity index (χ0n) is 36.3. The molecular formula is C42H57I3N6O9. The molecule has 1 heterocycles. The van der Waals surface area contributed by atoms with E-state index in [4.69, 9.17) is 28.4 Å². The van der Waals surface area contributed by atoms with Crippen LogP contribution < -0.4 is 86.1 Å². The van der Waals surface area contributed by atoms with Gasteiger partial charge in [-0.15, -0.1) is 15.0 Å². The maximum atomic E-state index is 12.7. The molecule has 0 aliphatic rings.